The van der Waals surface area contributed by atoms with Crippen molar-refractivity contribution in [3.8, 4) is 11.3 Å². The lowest BCUT2D eigenvalue weighted by Crippen LogP contribution is -2.17. The Balaban J connectivity index is 1.86. The van der Waals surface area contributed by atoms with E-state index in [0.717, 1.165) is 28.6 Å². The van der Waals surface area contributed by atoms with Gasteiger partial charge in [-0.1, -0.05) is 30.3 Å². The van der Waals surface area contributed by atoms with Crippen molar-refractivity contribution in [3.63, 3.8) is 0 Å². The van der Waals surface area contributed by atoms with E-state index in [1.165, 1.54) is 0 Å². The predicted molar refractivity (Wildman–Crippen MR) is 78.8 cm³/mol. The number of rotatable bonds is 2. The van der Waals surface area contributed by atoms with Crippen molar-refractivity contribution in [3.05, 3.63) is 59.1 Å². The fraction of sp³-hybridized carbons (Fsp3) is 0. The number of imide groups is 1. The van der Waals surface area contributed by atoms with Crippen molar-refractivity contribution in [1.29, 1.82) is 0 Å². The minimum atomic E-state index is -0.339. The highest BCUT2D eigenvalue weighted by atomic mass is 32.2. The molecule has 0 saturated carbocycles. The highest BCUT2D eigenvalue weighted by molar-refractivity contribution is 8.18. The number of benzene rings is 1. The molecular formula is C15H10N2O2S. The zero-order chi connectivity index (χ0) is 13.9. The number of carbonyl (C=O) groups is 2. The summed E-state index contributed by atoms with van der Waals surface area (Å²) in [4.78, 5) is 27.2. The van der Waals surface area contributed by atoms with Gasteiger partial charge >= 0.3 is 0 Å². The van der Waals surface area contributed by atoms with Crippen LogP contribution in [-0.2, 0) is 4.79 Å². The Hall–Kier alpha value is -2.40. The average Bonchev–Trinajstić information content (AvgIpc) is 2.79. The maximum absolute atomic E-state index is 11.4. The smallest absolute Gasteiger partial charge is 0.282 e. The van der Waals surface area contributed by atoms with Crippen LogP contribution < -0.4 is 5.32 Å². The molecule has 1 saturated heterocycles. The van der Waals surface area contributed by atoms with Crippen LogP contribution in [0.2, 0.25) is 0 Å². The number of hydrogen-bond donors (Lipinski definition) is 1. The highest BCUT2D eigenvalue weighted by Gasteiger charge is 2.24. The lowest BCUT2D eigenvalue weighted by atomic mass is 10.1. The van der Waals surface area contributed by atoms with Crippen LogP contribution in [0.15, 0.2) is 53.6 Å². The Morgan fingerprint density at radius 2 is 1.85 bits per heavy atom. The Morgan fingerprint density at radius 1 is 1.05 bits per heavy atom. The van der Waals surface area contributed by atoms with Crippen LogP contribution in [-0.4, -0.2) is 16.1 Å². The fourth-order valence-corrected chi connectivity index (χ4v) is 2.54. The number of nitrogens with one attached hydrogen (secondary N) is 1. The van der Waals surface area contributed by atoms with Gasteiger partial charge in [-0.25, -0.2) is 0 Å². The van der Waals surface area contributed by atoms with Crippen molar-refractivity contribution in [2.45, 2.75) is 0 Å². The second-order valence-corrected chi connectivity index (χ2v) is 5.20. The lowest BCUT2D eigenvalue weighted by molar-refractivity contribution is -0.115. The van der Waals surface area contributed by atoms with Gasteiger partial charge in [-0.05, 0) is 35.5 Å². The van der Waals surface area contributed by atoms with E-state index in [9.17, 15) is 9.59 Å². The summed E-state index contributed by atoms with van der Waals surface area (Å²) in [5.74, 6) is -0.339. The molecule has 1 aliphatic rings. The Bertz CT molecular complexity index is 694. The number of hydrogen-bond acceptors (Lipinski definition) is 4. The number of amides is 2. The summed E-state index contributed by atoms with van der Waals surface area (Å²) in [7, 11) is 0. The summed E-state index contributed by atoms with van der Waals surface area (Å²) < 4.78 is 0. The molecule has 0 bridgehead atoms. The van der Waals surface area contributed by atoms with E-state index in [0.29, 0.717) is 4.91 Å². The summed E-state index contributed by atoms with van der Waals surface area (Å²) in [6.07, 6.45) is 3.45. The van der Waals surface area contributed by atoms with E-state index < -0.39 is 0 Å². The number of pyridine rings is 1. The molecular weight excluding hydrogens is 272 g/mol. The second-order valence-electron chi connectivity index (χ2n) is 4.19. The molecule has 0 spiro atoms. The quantitative estimate of drug-likeness (QED) is 0.860. The van der Waals surface area contributed by atoms with Gasteiger partial charge in [-0.15, -0.1) is 0 Å². The van der Waals surface area contributed by atoms with E-state index in [2.05, 4.69) is 10.3 Å². The topological polar surface area (TPSA) is 59.1 Å². The van der Waals surface area contributed by atoms with Crippen LogP contribution in [0.4, 0.5) is 4.79 Å². The third-order valence-electron chi connectivity index (χ3n) is 2.81. The first-order valence-electron chi connectivity index (χ1n) is 5.99. The van der Waals surface area contributed by atoms with Gasteiger partial charge in [-0.2, -0.15) is 0 Å². The first-order valence-corrected chi connectivity index (χ1v) is 6.80. The number of aromatic nitrogens is 1. The Morgan fingerprint density at radius 3 is 2.45 bits per heavy atom. The summed E-state index contributed by atoms with van der Waals surface area (Å²) in [5.41, 5.74) is 2.78. The van der Waals surface area contributed by atoms with Gasteiger partial charge < -0.3 is 0 Å². The van der Waals surface area contributed by atoms with Gasteiger partial charge in [0.05, 0.1) is 10.6 Å². The molecule has 1 fully saturated rings. The van der Waals surface area contributed by atoms with Crippen LogP contribution in [0, 0.1) is 0 Å². The molecule has 0 unspecified atom stereocenters. The van der Waals surface area contributed by atoms with Crippen LogP contribution in [0.3, 0.4) is 0 Å². The molecule has 0 aliphatic carbocycles. The third-order valence-corrected chi connectivity index (χ3v) is 3.62. The minimum absolute atomic E-state index is 0.327. The molecule has 2 heterocycles. The predicted octanol–water partition coefficient (Wildman–Crippen LogP) is 3.07. The third kappa shape index (κ3) is 2.62. The van der Waals surface area contributed by atoms with Crippen LogP contribution >= 0.6 is 11.8 Å². The van der Waals surface area contributed by atoms with Gasteiger partial charge in [-0.3, -0.25) is 19.9 Å². The molecule has 1 aromatic heterocycles. The Labute approximate surface area is 119 Å². The number of nitrogens with zero attached hydrogens (tertiary/aromatic N) is 1. The molecule has 3 rings (SSSR count). The molecule has 1 aliphatic heterocycles. The number of thioether (sulfide) groups is 1. The average molecular weight is 282 g/mol. The maximum Gasteiger partial charge on any atom is 0.290 e. The van der Waals surface area contributed by atoms with E-state index in [1.807, 2.05) is 42.5 Å². The first kappa shape index (κ1) is 12.6. The zero-order valence-electron chi connectivity index (χ0n) is 10.4. The van der Waals surface area contributed by atoms with E-state index >= 15 is 0 Å². The standard InChI is InChI=1S/C15H10N2O2S/c18-14-13(20-15(19)17-14)9-10-4-6-11(7-5-10)12-3-1-2-8-16-12/h1-9H,(H,17,18,19)/b13-9-. The normalized spacial score (nSPS) is 16.5. The summed E-state index contributed by atoms with van der Waals surface area (Å²) in [6.45, 7) is 0. The summed E-state index contributed by atoms with van der Waals surface area (Å²) in [6, 6.07) is 13.4. The molecule has 2 amide bonds. The molecule has 20 heavy (non-hydrogen) atoms. The molecule has 2 aromatic rings. The fourth-order valence-electron chi connectivity index (χ4n) is 1.86. The number of carbonyl (C=O) groups excluding carboxylic acids is 2. The van der Waals surface area contributed by atoms with Crippen LogP contribution in [0.5, 0.6) is 0 Å². The van der Waals surface area contributed by atoms with Gasteiger partial charge in [0.15, 0.2) is 0 Å². The molecule has 1 aromatic carbocycles. The van der Waals surface area contributed by atoms with E-state index in [-0.39, 0.29) is 11.1 Å². The van der Waals surface area contributed by atoms with Gasteiger partial charge in [0.2, 0.25) is 0 Å². The molecule has 98 valence electrons. The molecule has 5 heteroatoms. The maximum atomic E-state index is 11.4. The van der Waals surface area contributed by atoms with Crippen LogP contribution in [0.25, 0.3) is 17.3 Å². The van der Waals surface area contributed by atoms with Crippen molar-refractivity contribution in [1.82, 2.24) is 10.3 Å². The minimum Gasteiger partial charge on any atom is -0.282 e. The van der Waals surface area contributed by atoms with E-state index in [1.54, 1.807) is 12.3 Å². The highest BCUT2D eigenvalue weighted by Crippen LogP contribution is 2.26. The van der Waals surface area contributed by atoms with Crippen molar-refractivity contribution in [2.24, 2.45) is 0 Å². The first-order chi connectivity index (χ1) is 9.72. The van der Waals surface area contributed by atoms with Gasteiger partial charge in [0.1, 0.15) is 0 Å². The van der Waals surface area contributed by atoms with Crippen molar-refractivity contribution >= 4 is 29.0 Å². The van der Waals surface area contributed by atoms with Gasteiger partial charge in [0, 0.05) is 11.8 Å². The molecule has 4 nitrogen and oxygen atoms in total. The summed E-state index contributed by atoms with van der Waals surface area (Å²) >= 11 is 0.918. The van der Waals surface area contributed by atoms with Crippen molar-refractivity contribution < 1.29 is 9.59 Å². The molecule has 0 atom stereocenters. The second kappa shape index (κ2) is 5.30. The molecule has 1 N–H and O–H groups in total. The summed E-state index contributed by atoms with van der Waals surface area (Å²) in [5, 5.41) is 1.90. The monoisotopic (exact) mass is 282 g/mol. The van der Waals surface area contributed by atoms with Crippen molar-refractivity contribution in [2.75, 3.05) is 0 Å². The van der Waals surface area contributed by atoms with Gasteiger partial charge in [0.25, 0.3) is 11.1 Å². The SMILES string of the molecule is O=C1NC(=O)/C(=C/c2ccc(-c3ccccn3)cc2)S1. The largest absolute Gasteiger partial charge is 0.290 e. The molecule has 0 radical (unpaired) electrons. The lowest BCUT2D eigenvalue weighted by Gasteiger charge is -2.01. The zero-order valence-corrected chi connectivity index (χ0v) is 11.2. The Kier molecular flexibility index (Phi) is 3.35. The van der Waals surface area contributed by atoms with Crippen LogP contribution in [0.1, 0.15) is 5.56 Å². The van der Waals surface area contributed by atoms with E-state index in [4.69, 9.17) is 0 Å².